The molecule has 4 heteroatoms. The fourth-order valence-corrected chi connectivity index (χ4v) is 2.21. The maximum Gasteiger partial charge on any atom is 0.149 e. The van der Waals surface area contributed by atoms with Gasteiger partial charge in [-0.25, -0.2) is 4.98 Å². The van der Waals surface area contributed by atoms with Gasteiger partial charge in [-0.3, -0.25) is 0 Å². The predicted octanol–water partition coefficient (Wildman–Crippen LogP) is 2.63. The van der Waals surface area contributed by atoms with Crippen molar-refractivity contribution in [1.82, 2.24) is 9.88 Å². The van der Waals surface area contributed by atoms with Gasteiger partial charge in [-0.05, 0) is 32.1 Å². The summed E-state index contributed by atoms with van der Waals surface area (Å²) in [5, 5.41) is 9.41. The van der Waals surface area contributed by atoms with E-state index in [0.717, 1.165) is 17.5 Å². The molecular weight excluding hydrogens is 222 g/mol. The average Bonchev–Trinajstić information content (AvgIpc) is 2.26. The lowest BCUT2D eigenvalue weighted by Gasteiger charge is -2.28. The van der Waals surface area contributed by atoms with Gasteiger partial charge >= 0.3 is 0 Å². The smallest absolute Gasteiger partial charge is 0.149 e. The van der Waals surface area contributed by atoms with Crippen molar-refractivity contribution < 1.29 is 0 Å². The van der Waals surface area contributed by atoms with E-state index >= 15 is 0 Å². The Balaban J connectivity index is 2.62. The van der Waals surface area contributed by atoms with Crippen LogP contribution in [0.1, 0.15) is 29.3 Å². The van der Waals surface area contributed by atoms with Gasteiger partial charge in [0, 0.05) is 11.6 Å². The average molecular weight is 234 g/mol. The summed E-state index contributed by atoms with van der Waals surface area (Å²) in [6, 6.07) is 4.21. The maximum atomic E-state index is 9.02. The van der Waals surface area contributed by atoms with Gasteiger partial charge in [0.15, 0.2) is 0 Å². The molecule has 0 bridgehead atoms. The molecule has 16 heavy (non-hydrogen) atoms. The molecule has 3 nitrogen and oxygen atoms in total. The van der Waals surface area contributed by atoms with Crippen LogP contribution in [-0.2, 0) is 0 Å². The minimum absolute atomic E-state index is 0.271. The van der Waals surface area contributed by atoms with Crippen LogP contribution in [0.15, 0.2) is 12.1 Å². The van der Waals surface area contributed by atoms with Gasteiger partial charge in [-0.1, -0.05) is 23.8 Å². The number of pyridine rings is 1. The van der Waals surface area contributed by atoms with E-state index in [9.17, 15) is 0 Å². The van der Waals surface area contributed by atoms with Gasteiger partial charge in [0.05, 0.1) is 0 Å². The lowest BCUT2D eigenvalue weighted by molar-refractivity contribution is 0.299. The molecule has 0 N–H and O–H groups in total. The first-order valence-electron chi connectivity index (χ1n) is 5.07. The molecule has 0 saturated carbocycles. The minimum atomic E-state index is 0.271. The van der Waals surface area contributed by atoms with Gasteiger partial charge in [0.2, 0.25) is 0 Å². The van der Waals surface area contributed by atoms with Crippen LogP contribution in [0.5, 0.6) is 0 Å². The molecule has 0 spiro atoms. The number of nitrogens with zero attached hydrogens (tertiary/aromatic N) is 3. The molecule has 0 aromatic carbocycles. The molecule has 82 valence electrons. The van der Waals surface area contributed by atoms with Crippen molar-refractivity contribution in [2.24, 2.45) is 0 Å². The predicted molar refractivity (Wildman–Crippen MR) is 64.0 cm³/mol. The highest BCUT2D eigenvalue weighted by Gasteiger charge is 2.22. The van der Waals surface area contributed by atoms with Crippen molar-refractivity contribution in [2.45, 2.75) is 12.5 Å². The summed E-state index contributed by atoms with van der Waals surface area (Å²) >= 11 is 5.93. The van der Waals surface area contributed by atoms with Gasteiger partial charge in [-0.2, -0.15) is 5.26 Å². The molecule has 1 aliphatic rings. The Morgan fingerprint density at radius 3 is 2.94 bits per heavy atom. The van der Waals surface area contributed by atoms with E-state index in [1.165, 1.54) is 0 Å². The summed E-state index contributed by atoms with van der Waals surface area (Å²) in [4.78, 5) is 6.16. The van der Waals surface area contributed by atoms with Crippen LogP contribution in [-0.4, -0.2) is 24.0 Å². The van der Waals surface area contributed by atoms with E-state index in [1.54, 1.807) is 0 Å². The van der Waals surface area contributed by atoms with E-state index in [2.05, 4.69) is 22.0 Å². The monoisotopic (exact) mass is 233 g/mol. The van der Waals surface area contributed by atoms with Gasteiger partial charge in [0.1, 0.15) is 16.9 Å². The fourth-order valence-electron chi connectivity index (χ4n) is 2.01. The topological polar surface area (TPSA) is 39.9 Å². The molecule has 0 aliphatic heterocycles. The number of fused-ring (bicyclic) bond motifs is 1. The Kier molecular flexibility index (Phi) is 2.95. The Bertz CT molecular complexity index is 486. The zero-order valence-electron chi connectivity index (χ0n) is 9.24. The molecule has 1 unspecified atom stereocenters. The lowest BCUT2D eigenvalue weighted by Crippen LogP contribution is -2.22. The molecule has 1 aromatic heterocycles. The van der Waals surface area contributed by atoms with Crippen LogP contribution in [0, 0.1) is 11.3 Å². The van der Waals surface area contributed by atoms with Crippen molar-refractivity contribution in [1.29, 1.82) is 5.26 Å². The summed E-state index contributed by atoms with van der Waals surface area (Å²) in [6.07, 6.45) is 4.96. The Morgan fingerprint density at radius 1 is 1.56 bits per heavy atom. The molecule has 1 aliphatic carbocycles. The maximum absolute atomic E-state index is 9.02. The Hall–Kier alpha value is -1.37. The van der Waals surface area contributed by atoms with Crippen molar-refractivity contribution in [2.75, 3.05) is 14.1 Å². The van der Waals surface area contributed by atoms with Crippen molar-refractivity contribution >= 4 is 17.7 Å². The zero-order valence-corrected chi connectivity index (χ0v) is 9.99. The number of hydrogen-bond acceptors (Lipinski definition) is 3. The molecule has 1 atom stereocenters. The third kappa shape index (κ3) is 1.82. The molecular formula is C12H12ClN3. The molecule has 0 fully saturated rings. The second-order valence-electron chi connectivity index (χ2n) is 4.03. The molecule has 1 aromatic rings. The molecule has 0 amide bonds. The van der Waals surface area contributed by atoms with E-state index in [4.69, 9.17) is 16.9 Å². The van der Waals surface area contributed by atoms with Gasteiger partial charge < -0.3 is 4.90 Å². The first-order chi connectivity index (χ1) is 7.63. The quantitative estimate of drug-likeness (QED) is 0.700. The Labute approximate surface area is 100.0 Å². The van der Waals surface area contributed by atoms with Crippen LogP contribution in [0.2, 0.25) is 5.15 Å². The van der Waals surface area contributed by atoms with Crippen molar-refractivity contribution in [3.05, 3.63) is 34.1 Å². The zero-order chi connectivity index (χ0) is 11.7. The summed E-state index contributed by atoms with van der Waals surface area (Å²) in [7, 11) is 4.04. The largest absolute Gasteiger partial charge is 0.302 e. The standard InChI is InChI=1S/C12H12ClN3/c1-16(2)11-5-3-4-8-9(11)6-12(13)15-10(8)7-14/h3-4,6,11H,5H2,1-2H3. The first kappa shape index (κ1) is 11.1. The van der Waals surface area contributed by atoms with Gasteiger partial charge in [-0.15, -0.1) is 0 Å². The van der Waals surface area contributed by atoms with E-state index in [0.29, 0.717) is 10.8 Å². The van der Waals surface area contributed by atoms with E-state index in [1.807, 2.05) is 26.2 Å². The van der Waals surface area contributed by atoms with Crippen molar-refractivity contribution in [3.8, 4) is 6.07 Å². The van der Waals surface area contributed by atoms with Crippen LogP contribution in [0.25, 0.3) is 6.08 Å². The molecule has 2 rings (SSSR count). The second-order valence-corrected chi connectivity index (χ2v) is 4.41. The first-order valence-corrected chi connectivity index (χ1v) is 5.44. The number of halogens is 1. The van der Waals surface area contributed by atoms with Crippen molar-refractivity contribution in [3.63, 3.8) is 0 Å². The van der Waals surface area contributed by atoms with Crippen LogP contribution in [0.4, 0.5) is 0 Å². The Morgan fingerprint density at radius 2 is 2.31 bits per heavy atom. The summed E-state index contributed by atoms with van der Waals surface area (Å²) < 4.78 is 0. The third-order valence-electron chi connectivity index (χ3n) is 2.79. The summed E-state index contributed by atoms with van der Waals surface area (Å²) in [5.74, 6) is 0. The van der Waals surface area contributed by atoms with Crippen LogP contribution < -0.4 is 0 Å². The van der Waals surface area contributed by atoms with Crippen LogP contribution in [0.3, 0.4) is 0 Å². The number of nitriles is 1. The molecule has 0 radical (unpaired) electrons. The second kappa shape index (κ2) is 4.25. The lowest BCUT2D eigenvalue weighted by atomic mass is 9.92. The summed E-state index contributed by atoms with van der Waals surface area (Å²) in [5.41, 5.74) is 2.39. The third-order valence-corrected chi connectivity index (χ3v) is 2.99. The highest BCUT2D eigenvalue weighted by atomic mass is 35.5. The summed E-state index contributed by atoms with van der Waals surface area (Å²) in [6.45, 7) is 0. The molecule has 0 saturated heterocycles. The normalized spacial score (nSPS) is 18.3. The fraction of sp³-hybridized carbons (Fsp3) is 0.333. The van der Waals surface area contributed by atoms with Gasteiger partial charge in [0.25, 0.3) is 0 Å². The van der Waals surface area contributed by atoms with E-state index < -0.39 is 0 Å². The molecule has 1 heterocycles. The minimum Gasteiger partial charge on any atom is -0.302 e. The highest BCUT2D eigenvalue weighted by Crippen LogP contribution is 2.33. The SMILES string of the molecule is CN(C)C1CC=Cc2c1cc(Cl)nc2C#N. The number of hydrogen-bond donors (Lipinski definition) is 0. The highest BCUT2D eigenvalue weighted by molar-refractivity contribution is 6.29. The number of aromatic nitrogens is 1. The van der Waals surface area contributed by atoms with E-state index in [-0.39, 0.29) is 6.04 Å². The van der Waals surface area contributed by atoms with Crippen LogP contribution >= 0.6 is 11.6 Å². The number of rotatable bonds is 1.